The first-order chi connectivity index (χ1) is 9.53. The number of ether oxygens (including phenoxy) is 1. The molecule has 0 bridgehead atoms. The van der Waals surface area contributed by atoms with Gasteiger partial charge in [-0.1, -0.05) is 6.92 Å². The van der Waals surface area contributed by atoms with Crippen LogP contribution in [0.3, 0.4) is 0 Å². The Morgan fingerprint density at radius 1 is 1.40 bits per heavy atom. The van der Waals surface area contributed by atoms with Gasteiger partial charge in [0.25, 0.3) is 0 Å². The van der Waals surface area contributed by atoms with Crippen molar-refractivity contribution in [3.8, 4) is 0 Å². The van der Waals surface area contributed by atoms with Gasteiger partial charge in [-0.05, 0) is 64.5 Å². The number of rotatable bonds is 7. The van der Waals surface area contributed by atoms with E-state index in [4.69, 9.17) is 4.74 Å². The maximum Gasteiger partial charge on any atom is 0.325 e. The highest BCUT2D eigenvalue weighted by Crippen LogP contribution is 2.26. The normalized spacial score (nSPS) is 27.1. The van der Waals surface area contributed by atoms with E-state index in [-0.39, 0.29) is 5.97 Å². The monoisotopic (exact) mass is 282 g/mol. The van der Waals surface area contributed by atoms with Crippen molar-refractivity contribution in [2.45, 2.75) is 64.0 Å². The van der Waals surface area contributed by atoms with Crippen LogP contribution in [-0.2, 0) is 9.53 Å². The lowest BCUT2D eigenvalue weighted by Crippen LogP contribution is -2.51. The van der Waals surface area contributed by atoms with E-state index in [0.717, 1.165) is 25.3 Å². The molecule has 1 saturated heterocycles. The molecule has 1 aliphatic carbocycles. The topological polar surface area (TPSA) is 41.6 Å². The van der Waals surface area contributed by atoms with Crippen molar-refractivity contribution in [3.05, 3.63) is 0 Å². The van der Waals surface area contributed by atoms with Crippen molar-refractivity contribution in [1.82, 2.24) is 10.2 Å². The van der Waals surface area contributed by atoms with Crippen LogP contribution < -0.4 is 5.32 Å². The van der Waals surface area contributed by atoms with E-state index in [9.17, 15) is 4.79 Å². The lowest BCUT2D eigenvalue weighted by molar-refractivity contribution is -0.148. The summed E-state index contributed by atoms with van der Waals surface area (Å²) in [5.74, 6) is 0.705. The van der Waals surface area contributed by atoms with Crippen LogP contribution in [0.1, 0.15) is 52.4 Å². The van der Waals surface area contributed by atoms with E-state index in [1.165, 1.54) is 45.9 Å². The molecule has 0 radical (unpaired) electrons. The Morgan fingerprint density at radius 3 is 2.75 bits per heavy atom. The first-order valence-corrected chi connectivity index (χ1v) is 8.12. The minimum Gasteiger partial charge on any atom is -0.468 e. The molecule has 20 heavy (non-hydrogen) atoms. The second-order valence-electron chi connectivity index (χ2n) is 6.89. The van der Waals surface area contributed by atoms with E-state index in [2.05, 4.69) is 17.1 Å². The summed E-state index contributed by atoms with van der Waals surface area (Å²) in [5, 5.41) is 3.47. The zero-order valence-electron chi connectivity index (χ0n) is 13.3. The van der Waals surface area contributed by atoms with E-state index in [0.29, 0.717) is 6.04 Å². The Balaban J connectivity index is 1.77. The number of methoxy groups -OCH3 is 1. The Kier molecular flexibility index (Phi) is 5.44. The third-order valence-corrected chi connectivity index (χ3v) is 4.63. The van der Waals surface area contributed by atoms with Gasteiger partial charge in [-0.15, -0.1) is 0 Å². The van der Waals surface area contributed by atoms with Crippen LogP contribution in [0, 0.1) is 5.92 Å². The highest BCUT2D eigenvalue weighted by molar-refractivity contribution is 5.80. The fourth-order valence-corrected chi connectivity index (χ4v) is 3.28. The van der Waals surface area contributed by atoms with E-state index >= 15 is 0 Å². The molecule has 4 heteroatoms. The Hall–Kier alpha value is -0.610. The zero-order chi connectivity index (χ0) is 14.6. The largest absolute Gasteiger partial charge is 0.468 e. The van der Waals surface area contributed by atoms with Gasteiger partial charge >= 0.3 is 5.97 Å². The molecule has 1 N–H and O–H groups in total. The summed E-state index contributed by atoms with van der Waals surface area (Å²) < 4.78 is 4.99. The van der Waals surface area contributed by atoms with Gasteiger partial charge in [0, 0.05) is 12.6 Å². The molecular formula is C16H30N2O2. The minimum atomic E-state index is -0.503. The Morgan fingerprint density at radius 2 is 2.15 bits per heavy atom. The summed E-state index contributed by atoms with van der Waals surface area (Å²) in [6.45, 7) is 7.86. The molecule has 0 spiro atoms. The summed E-state index contributed by atoms with van der Waals surface area (Å²) >= 11 is 0. The molecule has 116 valence electrons. The lowest BCUT2D eigenvalue weighted by Gasteiger charge is -2.33. The van der Waals surface area contributed by atoms with Gasteiger partial charge in [0.1, 0.15) is 5.54 Å². The molecule has 0 amide bonds. The highest BCUT2D eigenvalue weighted by Gasteiger charge is 2.38. The maximum absolute atomic E-state index is 12.0. The Bertz CT molecular complexity index is 330. The van der Waals surface area contributed by atoms with Crippen molar-refractivity contribution in [3.63, 3.8) is 0 Å². The van der Waals surface area contributed by atoms with Crippen LogP contribution in [0.25, 0.3) is 0 Å². The fraction of sp³-hybridized carbons (Fsp3) is 0.938. The van der Waals surface area contributed by atoms with E-state index in [1.807, 2.05) is 6.92 Å². The maximum atomic E-state index is 12.0. The number of carbonyl (C=O) groups is 1. The molecule has 2 aliphatic rings. The van der Waals surface area contributed by atoms with Crippen molar-refractivity contribution in [1.29, 1.82) is 0 Å². The number of likely N-dealkylation sites (tertiary alicyclic amines) is 1. The zero-order valence-corrected chi connectivity index (χ0v) is 13.3. The molecule has 0 aromatic carbocycles. The third-order valence-electron chi connectivity index (χ3n) is 4.63. The molecule has 2 fully saturated rings. The smallest absolute Gasteiger partial charge is 0.325 e. The fourth-order valence-electron chi connectivity index (χ4n) is 3.28. The number of nitrogens with zero attached hydrogens (tertiary/aromatic N) is 1. The SMILES string of the molecule is COC(=O)C(C)(CCCN1CCCC(C)C1)NC1CC1. The van der Waals surface area contributed by atoms with Crippen LogP contribution in [0.2, 0.25) is 0 Å². The molecule has 2 unspecified atom stereocenters. The van der Waals surface area contributed by atoms with Crippen LogP contribution >= 0.6 is 0 Å². The van der Waals surface area contributed by atoms with Crippen molar-refractivity contribution in [2.75, 3.05) is 26.7 Å². The van der Waals surface area contributed by atoms with Crippen molar-refractivity contribution < 1.29 is 9.53 Å². The number of piperidine rings is 1. The summed E-state index contributed by atoms with van der Waals surface area (Å²) in [6.07, 6.45) is 6.97. The van der Waals surface area contributed by atoms with Crippen molar-refractivity contribution in [2.24, 2.45) is 5.92 Å². The summed E-state index contributed by atoms with van der Waals surface area (Å²) in [5.41, 5.74) is -0.503. The summed E-state index contributed by atoms with van der Waals surface area (Å²) in [7, 11) is 1.49. The van der Waals surface area contributed by atoms with E-state index < -0.39 is 5.54 Å². The summed E-state index contributed by atoms with van der Waals surface area (Å²) in [6, 6.07) is 0.522. The lowest BCUT2D eigenvalue weighted by atomic mass is 9.94. The first kappa shape index (κ1) is 15.8. The minimum absolute atomic E-state index is 0.114. The molecule has 2 rings (SSSR count). The standard InChI is InChI=1S/C16H30N2O2/c1-13-6-4-10-18(12-13)11-5-9-16(2,15(19)20-3)17-14-7-8-14/h13-14,17H,4-12H2,1-3H3. The van der Waals surface area contributed by atoms with Gasteiger partial charge in [-0.25, -0.2) is 0 Å². The number of hydrogen-bond acceptors (Lipinski definition) is 4. The molecule has 2 atom stereocenters. The first-order valence-electron chi connectivity index (χ1n) is 8.12. The van der Waals surface area contributed by atoms with E-state index in [1.54, 1.807) is 0 Å². The van der Waals surface area contributed by atoms with Crippen LogP contribution in [0.4, 0.5) is 0 Å². The predicted molar refractivity (Wildman–Crippen MR) is 80.7 cm³/mol. The third kappa shape index (κ3) is 4.45. The second-order valence-corrected chi connectivity index (χ2v) is 6.89. The molecule has 1 heterocycles. The Labute approximate surface area is 123 Å². The second kappa shape index (κ2) is 6.90. The quantitative estimate of drug-likeness (QED) is 0.727. The van der Waals surface area contributed by atoms with Gasteiger partial charge in [0.2, 0.25) is 0 Å². The molecular weight excluding hydrogens is 252 g/mol. The molecule has 4 nitrogen and oxygen atoms in total. The van der Waals surface area contributed by atoms with Crippen LogP contribution in [0.15, 0.2) is 0 Å². The van der Waals surface area contributed by atoms with Gasteiger partial charge < -0.3 is 9.64 Å². The van der Waals surface area contributed by atoms with Crippen molar-refractivity contribution >= 4 is 5.97 Å². The number of carbonyl (C=O) groups excluding carboxylic acids is 1. The number of esters is 1. The number of nitrogens with one attached hydrogen (secondary N) is 1. The molecule has 1 aliphatic heterocycles. The van der Waals surface area contributed by atoms with Gasteiger partial charge in [0.05, 0.1) is 7.11 Å². The van der Waals surface area contributed by atoms with Gasteiger partial charge in [-0.2, -0.15) is 0 Å². The van der Waals surface area contributed by atoms with Gasteiger partial charge in [-0.3, -0.25) is 10.1 Å². The molecule has 0 aromatic heterocycles. The van der Waals surface area contributed by atoms with Crippen LogP contribution in [-0.4, -0.2) is 49.2 Å². The predicted octanol–water partition coefficient (Wildman–Crippen LogP) is 2.18. The van der Waals surface area contributed by atoms with Crippen LogP contribution in [0.5, 0.6) is 0 Å². The van der Waals surface area contributed by atoms with Gasteiger partial charge in [0.15, 0.2) is 0 Å². The average molecular weight is 282 g/mol. The molecule has 0 aromatic rings. The number of hydrogen-bond donors (Lipinski definition) is 1. The highest BCUT2D eigenvalue weighted by atomic mass is 16.5. The average Bonchev–Trinajstić information content (AvgIpc) is 3.21. The molecule has 1 saturated carbocycles. The summed E-state index contributed by atoms with van der Waals surface area (Å²) in [4.78, 5) is 14.6.